The molecule has 1 amide bonds. The van der Waals surface area contributed by atoms with E-state index >= 15 is 0 Å². The zero-order valence-corrected chi connectivity index (χ0v) is 15.2. The van der Waals surface area contributed by atoms with E-state index in [1.54, 1.807) is 23.1 Å². The van der Waals surface area contributed by atoms with Gasteiger partial charge in [0.1, 0.15) is 0 Å². The number of fused-ring (bicyclic) bond motifs is 1. The highest BCUT2D eigenvalue weighted by Gasteiger charge is 2.30. The molecule has 2 aromatic rings. The summed E-state index contributed by atoms with van der Waals surface area (Å²) in [7, 11) is -3.51. The number of carbonyl (C=O) groups excluding carboxylic acids is 1. The second-order valence-electron chi connectivity index (χ2n) is 5.99. The summed E-state index contributed by atoms with van der Waals surface area (Å²) in [5.41, 5.74) is 1.71. The number of carbonyl (C=O) groups is 1. The van der Waals surface area contributed by atoms with Crippen LogP contribution in [0.5, 0.6) is 0 Å². The van der Waals surface area contributed by atoms with Gasteiger partial charge in [0.15, 0.2) is 0 Å². The lowest BCUT2D eigenvalue weighted by atomic mass is 10.2. The largest absolute Gasteiger partial charge is 0.379 e. The van der Waals surface area contributed by atoms with Gasteiger partial charge in [-0.25, -0.2) is 8.42 Å². The van der Waals surface area contributed by atoms with Crippen LogP contribution in [-0.2, 0) is 21.2 Å². The van der Waals surface area contributed by atoms with Gasteiger partial charge >= 0.3 is 0 Å². The van der Waals surface area contributed by atoms with E-state index in [9.17, 15) is 13.2 Å². The third-order valence-electron chi connectivity index (χ3n) is 4.53. The SMILES string of the molecule is O=C(c1cccs1)N1CCc2cc(S(=O)(=O)N3CCOCC3)ccc21. The van der Waals surface area contributed by atoms with Crippen LogP contribution in [0.25, 0.3) is 0 Å². The van der Waals surface area contributed by atoms with Gasteiger partial charge in [0.05, 0.1) is 23.0 Å². The van der Waals surface area contributed by atoms with Crippen molar-refractivity contribution >= 4 is 33.0 Å². The Morgan fingerprint density at radius 2 is 1.92 bits per heavy atom. The minimum absolute atomic E-state index is 0.0301. The van der Waals surface area contributed by atoms with Crippen molar-refractivity contribution in [3.63, 3.8) is 0 Å². The lowest BCUT2D eigenvalue weighted by molar-refractivity contribution is 0.0730. The average Bonchev–Trinajstić information content (AvgIpc) is 3.31. The number of morpholine rings is 1. The second-order valence-corrected chi connectivity index (χ2v) is 8.88. The van der Waals surface area contributed by atoms with Gasteiger partial charge in [-0.2, -0.15) is 4.31 Å². The van der Waals surface area contributed by atoms with Gasteiger partial charge in [-0.05, 0) is 41.6 Å². The van der Waals surface area contributed by atoms with Gasteiger partial charge in [-0.3, -0.25) is 4.79 Å². The molecule has 0 spiro atoms. The quantitative estimate of drug-likeness (QED) is 0.819. The molecule has 132 valence electrons. The lowest BCUT2D eigenvalue weighted by Gasteiger charge is -2.26. The number of hydrogen-bond acceptors (Lipinski definition) is 5. The molecule has 2 aliphatic heterocycles. The molecule has 2 aliphatic rings. The van der Waals surface area contributed by atoms with Crippen LogP contribution in [0, 0.1) is 0 Å². The highest BCUT2D eigenvalue weighted by molar-refractivity contribution is 7.89. The van der Waals surface area contributed by atoms with E-state index in [4.69, 9.17) is 4.74 Å². The van der Waals surface area contributed by atoms with E-state index in [-0.39, 0.29) is 5.91 Å². The van der Waals surface area contributed by atoms with Gasteiger partial charge < -0.3 is 9.64 Å². The van der Waals surface area contributed by atoms with Crippen LogP contribution in [0.2, 0.25) is 0 Å². The Morgan fingerprint density at radius 3 is 2.64 bits per heavy atom. The monoisotopic (exact) mass is 378 g/mol. The zero-order chi connectivity index (χ0) is 17.4. The number of hydrogen-bond donors (Lipinski definition) is 0. The van der Waals surface area contributed by atoms with Crippen molar-refractivity contribution in [2.45, 2.75) is 11.3 Å². The van der Waals surface area contributed by atoms with Crippen LogP contribution >= 0.6 is 11.3 Å². The van der Waals surface area contributed by atoms with Crippen LogP contribution in [0.4, 0.5) is 5.69 Å². The summed E-state index contributed by atoms with van der Waals surface area (Å²) in [5.74, 6) is -0.0301. The fraction of sp³-hybridized carbons (Fsp3) is 0.353. The summed E-state index contributed by atoms with van der Waals surface area (Å²) in [4.78, 5) is 15.3. The molecular formula is C17H18N2O4S2. The number of thiophene rings is 1. The molecule has 1 fully saturated rings. The number of ether oxygens (including phenoxy) is 1. The first-order valence-electron chi connectivity index (χ1n) is 8.13. The van der Waals surface area contributed by atoms with Crippen molar-refractivity contribution < 1.29 is 17.9 Å². The summed E-state index contributed by atoms with van der Waals surface area (Å²) >= 11 is 1.41. The molecule has 0 unspecified atom stereocenters. The minimum atomic E-state index is -3.51. The van der Waals surface area contributed by atoms with Crippen LogP contribution in [0.3, 0.4) is 0 Å². The molecule has 0 radical (unpaired) electrons. The number of rotatable bonds is 3. The van der Waals surface area contributed by atoms with E-state index in [0.717, 1.165) is 11.3 Å². The van der Waals surface area contributed by atoms with Gasteiger partial charge in [0, 0.05) is 25.3 Å². The summed E-state index contributed by atoms with van der Waals surface area (Å²) in [5, 5.41) is 1.88. The summed E-state index contributed by atoms with van der Waals surface area (Å²) < 4.78 is 32.3. The fourth-order valence-electron chi connectivity index (χ4n) is 3.22. The molecule has 0 bridgehead atoms. The van der Waals surface area contributed by atoms with E-state index in [2.05, 4.69) is 0 Å². The smallest absolute Gasteiger partial charge is 0.268 e. The Kier molecular flexibility index (Phi) is 4.36. The molecule has 1 saturated heterocycles. The maximum absolute atomic E-state index is 12.8. The maximum atomic E-state index is 12.8. The molecule has 1 aromatic heterocycles. The Hall–Kier alpha value is -1.74. The van der Waals surface area contributed by atoms with Gasteiger partial charge in [-0.15, -0.1) is 11.3 Å². The average molecular weight is 378 g/mol. The van der Waals surface area contributed by atoms with E-state index in [1.807, 2.05) is 17.5 Å². The van der Waals surface area contributed by atoms with Gasteiger partial charge in [-0.1, -0.05) is 6.07 Å². The molecule has 1 aromatic carbocycles. The number of amides is 1. The summed E-state index contributed by atoms with van der Waals surface area (Å²) in [6.07, 6.45) is 0.666. The fourth-order valence-corrected chi connectivity index (χ4v) is 5.35. The predicted octanol–water partition coefficient (Wildman–Crippen LogP) is 1.97. The molecule has 0 atom stereocenters. The number of benzene rings is 1. The van der Waals surface area contributed by atoms with Crippen molar-refractivity contribution in [3.8, 4) is 0 Å². The highest BCUT2D eigenvalue weighted by atomic mass is 32.2. The van der Waals surface area contributed by atoms with Crippen molar-refractivity contribution in [2.24, 2.45) is 0 Å². The zero-order valence-electron chi connectivity index (χ0n) is 13.6. The van der Waals surface area contributed by atoms with Crippen LogP contribution < -0.4 is 4.90 Å². The Bertz CT molecular complexity index is 887. The lowest BCUT2D eigenvalue weighted by Crippen LogP contribution is -2.40. The molecule has 6 nitrogen and oxygen atoms in total. The predicted molar refractivity (Wildman–Crippen MR) is 95.7 cm³/mol. The van der Waals surface area contributed by atoms with Crippen molar-refractivity contribution in [2.75, 3.05) is 37.7 Å². The Morgan fingerprint density at radius 1 is 1.12 bits per heavy atom. The second kappa shape index (κ2) is 6.53. The van der Waals surface area contributed by atoms with Crippen LogP contribution in [0.15, 0.2) is 40.6 Å². The van der Waals surface area contributed by atoms with Crippen molar-refractivity contribution in [3.05, 3.63) is 46.2 Å². The third kappa shape index (κ3) is 2.99. The van der Waals surface area contributed by atoms with Crippen molar-refractivity contribution in [1.29, 1.82) is 0 Å². The first-order valence-corrected chi connectivity index (χ1v) is 10.5. The maximum Gasteiger partial charge on any atom is 0.268 e. The van der Waals surface area contributed by atoms with E-state index in [0.29, 0.717) is 49.0 Å². The summed E-state index contributed by atoms with van der Waals surface area (Å²) in [6.45, 7) is 2.18. The van der Waals surface area contributed by atoms with Gasteiger partial charge in [0.25, 0.3) is 5.91 Å². The highest BCUT2D eigenvalue weighted by Crippen LogP contribution is 2.32. The Labute approximate surface area is 150 Å². The van der Waals surface area contributed by atoms with Crippen molar-refractivity contribution in [1.82, 2.24) is 4.31 Å². The number of anilines is 1. The van der Waals surface area contributed by atoms with Gasteiger partial charge in [0.2, 0.25) is 10.0 Å². The first-order chi connectivity index (χ1) is 12.1. The molecule has 8 heteroatoms. The molecule has 0 aliphatic carbocycles. The normalized spacial score (nSPS) is 18.3. The first kappa shape index (κ1) is 16.7. The molecule has 25 heavy (non-hydrogen) atoms. The molecule has 0 N–H and O–H groups in total. The number of nitrogens with zero attached hydrogens (tertiary/aromatic N) is 2. The molecule has 4 rings (SSSR count). The number of sulfonamides is 1. The molecule has 3 heterocycles. The standard InChI is InChI=1S/C17H18N2O4S2/c20-17(16-2-1-11-24-16)19-6-5-13-12-14(3-4-15(13)19)25(21,22)18-7-9-23-10-8-18/h1-4,11-12H,5-10H2. The Balaban J connectivity index is 1.62. The molecular weight excluding hydrogens is 360 g/mol. The molecule has 0 saturated carbocycles. The third-order valence-corrected chi connectivity index (χ3v) is 7.28. The van der Waals surface area contributed by atoms with E-state index < -0.39 is 10.0 Å². The van der Waals surface area contributed by atoms with Crippen LogP contribution in [-0.4, -0.2) is 51.5 Å². The minimum Gasteiger partial charge on any atom is -0.379 e. The van der Waals surface area contributed by atoms with Crippen LogP contribution in [0.1, 0.15) is 15.2 Å². The topological polar surface area (TPSA) is 66.9 Å². The summed E-state index contributed by atoms with van der Waals surface area (Å²) in [6, 6.07) is 8.72. The van der Waals surface area contributed by atoms with E-state index in [1.165, 1.54) is 15.6 Å².